The lowest BCUT2D eigenvalue weighted by molar-refractivity contribution is 1.73. The van der Waals surface area contributed by atoms with Gasteiger partial charge in [0.2, 0.25) is 21.6 Å². The van der Waals surface area contributed by atoms with Crippen LogP contribution in [-0.2, 0) is 0 Å². The number of hydrogen-bond donors (Lipinski definition) is 0. The van der Waals surface area contributed by atoms with Crippen LogP contribution in [0.15, 0.2) is 13.5 Å². The molecule has 0 aromatic heterocycles. The molecule has 1 rings (SSSR count). The number of nitrogens with zero attached hydrogens (tertiary/aromatic N) is 3. The van der Waals surface area contributed by atoms with Crippen molar-refractivity contribution in [2.75, 3.05) is 0 Å². The minimum absolute atomic E-state index is 2.37. The first-order valence-corrected chi connectivity index (χ1v) is 9.36. The van der Waals surface area contributed by atoms with Gasteiger partial charge in [-0.15, -0.1) is 38.5 Å². The summed E-state index contributed by atoms with van der Waals surface area (Å²) in [7, 11) is -8.76. The van der Waals surface area contributed by atoms with Gasteiger partial charge in [-0.25, -0.2) is 0 Å². The first-order valence-electron chi connectivity index (χ1n) is 4.27. The molecule has 84 valence electrons. The summed E-state index contributed by atoms with van der Waals surface area (Å²) in [5, 5.41) is 0. The van der Waals surface area contributed by atoms with Crippen molar-refractivity contribution in [3.63, 3.8) is 0 Å². The van der Waals surface area contributed by atoms with Gasteiger partial charge >= 0.3 is 0 Å². The lowest BCUT2D eigenvalue weighted by atomic mass is 11.4. The van der Waals surface area contributed by atoms with E-state index in [1.807, 2.05) is 0 Å². The molecule has 0 atom stereocenters. The molecule has 0 aromatic rings. The first kappa shape index (κ1) is 14.1. The van der Waals surface area contributed by atoms with Crippen LogP contribution in [0.2, 0.25) is 0 Å². The van der Waals surface area contributed by atoms with Crippen LogP contribution >= 0.6 is 21.6 Å². The van der Waals surface area contributed by atoms with E-state index in [2.05, 4.69) is 47.5 Å². The summed E-state index contributed by atoms with van der Waals surface area (Å²) in [6, 6.07) is 0. The maximum Gasteiger partial charge on any atom is 0.223 e. The average molecular weight is 285 g/mol. The third-order valence-corrected chi connectivity index (χ3v) is 10.2. The molecular weight excluding hydrogens is 279 g/mol. The third-order valence-electron chi connectivity index (χ3n) is 1.86. The minimum Gasteiger partial charge on any atom is -0.195 e. The van der Waals surface area contributed by atoms with Crippen LogP contribution in [0.25, 0.3) is 0 Å². The Morgan fingerprint density at radius 2 is 0.611 bits per heavy atom. The summed E-state index contributed by atoms with van der Waals surface area (Å²) < 4.78 is 12.6. The molecule has 0 bridgehead atoms. The Kier molecular flexibility index (Phi) is 3.71. The summed E-state index contributed by atoms with van der Waals surface area (Å²) >= 11 is 0. The number of rotatable bonds is 0. The zero-order valence-corrected chi connectivity index (χ0v) is 11.8. The van der Waals surface area contributed by atoms with E-state index in [4.69, 9.17) is 38.5 Å². The molecule has 18 heavy (non-hydrogen) atoms. The van der Waals surface area contributed by atoms with Crippen molar-refractivity contribution in [3.8, 4) is 72.5 Å². The molecule has 1 heterocycles. The normalized spacial score (nSPS) is 20.3. The second kappa shape index (κ2) is 4.73. The summed E-state index contributed by atoms with van der Waals surface area (Å²) in [5.41, 5.74) is 14.2. The molecule has 0 saturated heterocycles. The average Bonchev–Trinajstić information content (AvgIpc) is 2.46. The molecule has 0 radical (unpaired) electrons. The van der Waals surface area contributed by atoms with Crippen molar-refractivity contribution < 1.29 is 0 Å². The van der Waals surface area contributed by atoms with E-state index in [0.29, 0.717) is 0 Å². The van der Waals surface area contributed by atoms with E-state index in [-0.39, 0.29) is 0 Å². The molecule has 0 unspecified atom stereocenters. The second-order valence-electron chi connectivity index (χ2n) is 2.85. The van der Waals surface area contributed by atoms with Crippen molar-refractivity contribution in [3.05, 3.63) is 0 Å². The molecule has 0 aromatic carbocycles. The maximum atomic E-state index is 5.40. The van der Waals surface area contributed by atoms with Crippen molar-refractivity contribution in [2.24, 2.45) is 13.5 Å². The van der Waals surface area contributed by atoms with Gasteiger partial charge in [0.25, 0.3) is 0 Å². The fraction of sp³-hybridized carbons (Fsp3) is 0. The molecule has 0 fully saturated rings. The van der Waals surface area contributed by atoms with Crippen LogP contribution in [0, 0.1) is 72.5 Å². The molecule has 0 saturated carbocycles. The van der Waals surface area contributed by atoms with E-state index in [1.54, 1.807) is 0 Å². The van der Waals surface area contributed by atoms with Crippen LogP contribution in [0.4, 0.5) is 0 Å². The number of hydrogen-bond acceptors (Lipinski definition) is 3. The second-order valence-corrected chi connectivity index (χ2v) is 10.1. The monoisotopic (exact) mass is 285 g/mol. The summed E-state index contributed by atoms with van der Waals surface area (Å²) in [6.07, 6.45) is 32.4. The summed E-state index contributed by atoms with van der Waals surface area (Å²) in [5.74, 6) is 0. The van der Waals surface area contributed by atoms with Crippen LogP contribution in [0.3, 0.4) is 0 Å². The molecule has 1 aliphatic heterocycles. The fourth-order valence-electron chi connectivity index (χ4n) is 1.04. The highest BCUT2D eigenvalue weighted by Gasteiger charge is 2.31. The molecular formula is C12H6N3P3. The Morgan fingerprint density at radius 1 is 0.444 bits per heavy atom. The SMILES string of the molecule is C#CP1(C#C)=NP(C#C)(C#C)=NP(C#C)(C#C)=N1. The topological polar surface area (TPSA) is 37.1 Å². The Balaban J connectivity index is 4.10. The minimum atomic E-state index is -2.92. The van der Waals surface area contributed by atoms with Crippen LogP contribution in [0.5, 0.6) is 0 Å². The fourth-order valence-corrected chi connectivity index (χ4v) is 9.63. The molecule has 0 amide bonds. The molecule has 0 spiro atoms. The highest BCUT2D eigenvalue weighted by molar-refractivity contribution is 7.96. The van der Waals surface area contributed by atoms with Gasteiger partial charge in [0.15, 0.2) is 0 Å². The van der Waals surface area contributed by atoms with Crippen molar-refractivity contribution in [1.82, 2.24) is 0 Å². The van der Waals surface area contributed by atoms with E-state index in [1.165, 1.54) is 0 Å². The molecule has 0 N–H and O–H groups in total. The molecule has 0 aliphatic carbocycles. The Bertz CT molecular complexity index is 645. The summed E-state index contributed by atoms with van der Waals surface area (Å²) in [4.78, 5) is 0. The van der Waals surface area contributed by atoms with Crippen LogP contribution in [0.1, 0.15) is 0 Å². The third kappa shape index (κ3) is 2.06. The standard InChI is InChI=1S/C12H6N3P3/c1-7-16(8-2)13-17(9-3,10-4)15-18(11-5,12-6)14-16/h1-6H. The van der Waals surface area contributed by atoms with Crippen molar-refractivity contribution in [2.45, 2.75) is 0 Å². The van der Waals surface area contributed by atoms with E-state index >= 15 is 0 Å². The van der Waals surface area contributed by atoms with Crippen LogP contribution < -0.4 is 0 Å². The van der Waals surface area contributed by atoms with Gasteiger partial charge in [-0.2, -0.15) is 13.5 Å². The van der Waals surface area contributed by atoms with Gasteiger partial charge < -0.3 is 0 Å². The van der Waals surface area contributed by atoms with Crippen molar-refractivity contribution in [1.29, 1.82) is 0 Å². The van der Waals surface area contributed by atoms with Crippen LogP contribution in [-0.4, -0.2) is 0 Å². The first-order chi connectivity index (χ1) is 8.49. The highest BCUT2D eigenvalue weighted by atomic mass is 31.2. The highest BCUT2D eigenvalue weighted by Crippen LogP contribution is 2.76. The lowest BCUT2D eigenvalue weighted by Gasteiger charge is -2.21. The quantitative estimate of drug-likeness (QED) is 0.478. The molecule has 6 heteroatoms. The predicted molar refractivity (Wildman–Crippen MR) is 81.0 cm³/mol. The van der Waals surface area contributed by atoms with Gasteiger partial charge in [-0.3, -0.25) is 0 Å². The zero-order chi connectivity index (χ0) is 13.9. The van der Waals surface area contributed by atoms with Gasteiger partial charge in [-0.05, 0) is 34.0 Å². The lowest BCUT2D eigenvalue weighted by Crippen LogP contribution is -1.82. The zero-order valence-electron chi connectivity index (χ0n) is 9.15. The molecule has 1 aliphatic rings. The van der Waals surface area contributed by atoms with E-state index in [0.717, 1.165) is 0 Å². The van der Waals surface area contributed by atoms with Gasteiger partial charge in [0, 0.05) is 0 Å². The Hall–Kier alpha value is -1.95. The smallest absolute Gasteiger partial charge is 0.195 e. The van der Waals surface area contributed by atoms with Crippen molar-refractivity contribution >= 4 is 21.6 Å². The number of terminal acetylenes is 6. The predicted octanol–water partition coefficient (Wildman–Crippen LogP) is 3.89. The molecule has 3 nitrogen and oxygen atoms in total. The van der Waals surface area contributed by atoms with Gasteiger partial charge in [0.1, 0.15) is 0 Å². The Labute approximate surface area is 108 Å². The summed E-state index contributed by atoms with van der Waals surface area (Å²) in [6.45, 7) is 0. The maximum absolute atomic E-state index is 5.40. The van der Waals surface area contributed by atoms with Gasteiger partial charge in [-0.1, -0.05) is 0 Å². The Morgan fingerprint density at radius 3 is 0.722 bits per heavy atom. The van der Waals surface area contributed by atoms with E-state index in [9.17, 15) is 0 Å². The largest absolute Gasteiger partial charge is 0.223 e. The van der Waals surface area contributed by atoms with Gasteiger partial charge in [0.05, 0.1) is 0 Å². The van der Waals surface area contributed by atoms with E-state index < -0.39 is 21.6 Å².